The first-order chi connectivity index (χ1) is 11.7. The highest BCUT2D eigenvalue weighted by atomic mass is 19.1. The number of carbonyl (C=O) groups excluding carboxylic acids is 1. The van der Waals surface area contributed by atoms with Crippen LogP contribution in [0.4, 0.5) is 4.39 Å². The predicted molar refractivity (Wildman–Crippen MR) is 86.1 cm³/mol. The van der Waals surface area contributed by atoms with E-state index in [1.807, 2.05) is 18.2 Å². The lowest BCUT2D eigenvalue weighted by Gasteiger charge is -2.32. The molecule has 126 valence electrons. The molecule has 24 heavy (non-hydrogen) atoms. The Kier molecular flexibility index (Phi) is 5.38. The van der Waals surface area contributed by atoms with Gasteiger partial charge in [0.2, 0.25) is 5.91 Å². The third-order valence-corrected chi connectivity index (χ3v) is 3.80. The second kappa shape index (κ2) is 7.88. The molecule has 0 radical (unpaired) electrons. The molecular weight excluding hydrogens is 311 g/mol. The molecule has 1 fully saturated rings. The lowest BCUT2D eigenvalue weighted by molar-refractivity contribution is -0.123. The number of nitrogens with zero attached hydrogens (tertiary/aromatic N) is 1. The standard InChI is InChI=1S/C18H19FN2O3/c19-13-4-3-6-15(10-13)24-17-12-23-9-7-16(17)21-18(22)11-14-5-1-2-8-20-14/h1-6,8,10,16-17H,7,9,11-12H2,(H,21,22). The number of halogens is 1. The molecule has 0 aliphatic carbocycles. The van der Waals surface area contributed by atoms with E-state index in [0.717, 1.165) is 0 Å². The van der Waals surface area contributed by atoms with Gasteiger partial charge in [-0.3, -0.25) is 9.78 Å². The molecule has 1 saturated heterocycles. The van der Waals surface area contributed by atoms with E-state index in [4.69, 9.17) is 9.47 Å². The largest absolute Gasteiger partial charge is 0.486 e. The molecule has 0 saturated carbocycles. The van der Waals surface area contributed by atoms with E-state index < -0.39 is 0 Å². The molecule has 1 aromatic carbocycles. The molecule has 6 heteroatoms. The maximum atomic E-state index is 13.3. The Balaban J connectivity index is 1.60. The van der Waals surface area contributed by atoms with Gasteiger partial charge in [-0.1, -0.05) is 12.1 Å². The van der Waals surface area contributed by atoms with Crippen molar-refractivity contribution in [2.24, 2.45) is 0 Å². The number of hydrogen-bond donors (Lipinski definition) is 1. The van der Waals surface area contributed by atoms with Crippen LogP contribution < -0.4 is 10.1 Å². The lowest BCUT2D eigenvalue weighted by atomic mass is 10.1. The van der Waals surface area contributed by atoms with Gasteiger partial charge in [-0.2, -0.15) is 0 Å². The van der Waals surface area contributed by atoms with E-state index in [1.54, 1.807) is 18.3 Å². The van der Waals surface area contributed by atoms with Crippen LogP contribution in [0.1, 0.15) is 12.1 Å². The van der Waals surface area contributed by atoms with Crippen molar-refractivity contribution >= 4 is 5.91 Å². The smallest absolute Gasteiger partial charge is 0.226 e. The second-order valence-corrected chi connectivity index (χ2v) is 5.65. The van der Waals surface area contributed by atoms with Crippen LogP contribution in [0, 0.1) is 5.82 Å². The molecule has 0 bridgehead atoms. The van der Waals surface area contributed by atoms with E-state index in [-0.39, 0.29) is 30.3 Å². The number of pyridine rings is 1. The van der Waals surface area contributed by atoms with Crippen molar-refractivity contribution in [1.29, 1.82) is 0 Å². The van der Waals surface area contributed by atoms with Crippen molar-refractivity contribution < 1.29 is 18.7 Å². The van der Waals surface area contributed by atoms with Crippen molar-refractivity contribution in [3.8, 4) is 5.75 Å². The Labute approximate surface area is 139 Å². The zero-order valence-corrected chi connectivity index (χ0v) is 13.2. The number of aromatic nitrogens is 1. The highest BCUT2D eigenvalue weighted by molar-refractivity contribution is 5.78. The Hall–Kier alpha value is -2.47. The summed E-state index contributed by atoms with van der Waals surface area (Å²) in [5.41, 5.74) is 0.713. The van der Waals surface area contributed by atoms with Crippen LogP contribution in [0.5, 0.6) is 5.75 Å². The van der Waals surface area contributed by atoms with E-state index >= 15 is 0 Å². The first kappa shape index (κ1) is 16.4. The molecule has 1 amide bonds. The summed E-state index contributed by atoms with van der Waals surface area (Å²) in [6.07, 6.45) is 2.17. The summed E-state index contributed by atoms with van der Waals surface area (Å²) < 4.78 is 24.5. The van der Waals surface area contributed by atoms with Gasteiger partial charge in [-0.05, 0) is 30.7 Å². The molecule has 0 spiro atoms. The van der Waals surface area contributed by atoms with Gasteiger partial charge >= 0.3 is 0 Å². The van der Waals surface area contributed by atoms with Gasteiger partial charge in [-0.25, -0.2) is 4.39 Å². The summed E-state index contributed by atoms with van der Waals surface area (Å²) in [6, 6.07) is 11.2. The van der Waals surface area contributed by atoms with Gasteiger partial charge in [0, 0.05) is 24.6 Å². The first-order valence-electron chi connectivity index (χ1n) is 7.90. The molecule has 3 rings (SSSR count). The van der Waals surface area contributed by atoms with Crippen LogP contribution in [0.2, 0.25) is 0 Å². The minimum absolute atomic E-state index is 0.117. The van der Waals surface area contributed by atoms with Gasteiger partial charge in [-0.15, -0.1) is 0 Å². The van der Waals surface area contributed by atoms with Crippen LogP contribution >= 0.6 is 0 Å². The fraction of sp³-hybridized carbons (Fsp3) is 0.333. The van der Waals surface area contributed by atoms with Crippen LogP contribution in [0.25, 0.3) is 0 Å². The van der Waals surface area contributed by atoms with Crippen LogP contribution in [0.3, 0.4) is 0 Å². The summed E-state index contributed by atoms with van der Waals surface area (Å²) in [7, 11) is 0. The quantitative estimate of drug-likeness (QED) is 0.912. The monoisotopic (exact) mass is 330 g/mol. The van der Waals surface area contributed by atoms with E-state index in [0.29, 0.717) is 31.1 Å². The molecule has 2 atom stereocenters. The normalized spacial score (nSPS) is 20.4. The zero-order chi connectivity index (χ0) is 16.8. The molecule has 1 aliphatic rings. The molecule has 2 unspecified atom stereocenters. The lowest BCUT2D eigenvalue weighted by Crippen LogP contribution is -2.51. The maximum absolute atomic E-state index is 13.3. The summed E-state index contributed by atoms with van der Waals surface area (Å²) in [4.78, 5) is 16.4. The van der Waals surface area contributed by atoms with E-state index in [9.17, 15) is 9.18 Å². The van der Waals surface area contributed by atoms with Crippen molar-refractivity contribution in [3.63, 3.8) is 0 Å². The summed E-state index contributed by atoms with van der Waals surface area (Å²) >= 11 is 0. The Morgan fingerprint density at radius 3 is 3.04 bits per heavy atom. The summed E-state index contributed by atoms with van der Waals surface area (Å²) in [6.45, 7) is 0.905. The van der Waals surface area contributed by atoms with Crippen LogP contribution in [0.15, 0.2) is 48.7 Å². The van der Waals surface area contributed by atoms with Gasteiger partial charge in [0.25, 0.3) is 0 Å². The van der Waals surface area contributed by atoms with Crippen molar-refractivity contribution in [3.05, 3.63) is 60.2 Å². The fourth-order valence-corrected chi connectivity index (χ4v) is 2.63. The van der Waals surface area contributed by atoms with Gasteiger partial charge in [0.05, 0.1) is 19.1 Å². The van der Waals surface area contributed by atoms with Crippen LogP contribution in [-0.4, -0.2) is 36.3 Å². The number of ether oxygens (including phenoxy) is 2. The maximum Gasteiger partial charge on any atom is 0.226 e. The third kappa shape index (κ3) is 4.52. The Morgan fingerprint density at radius 2 is 2.25 bits per heavy atom. The Bertz CT molecular complexity index is 681. The number of carbonyl (C=O) groups is 1. The molecule has 1 aromatic heterocycles. The Morgan fingerprint density at radius 1 is 1.33 bits per heavy atom. The fourth-order valence-electron chi connectivity index (χ4n) is 2.63. The number of nitrogens with one attached hydrogen (secondary N) is 1. The zero-order valence-electron chi connectivity index (χ0n) is 13.2. The highest BCUT2D eigenvalue weighted by Crippen LogP contribution is 2.18. The molecule has 1 aliphatic heterocycles. The number of benzene rings is 1. The molecule has 5 nitrogen and oxygen atoms in total. The summed E-state index contributed by atoms with van der Waals surface area (Å²) in [5.74, 6) is -0.0529. The molecule has 2 heterocycles. The average molecular weight is 330 g/mol. The predicted octanol–water partition coefficient (Wildman–Crippen LogP) is 2.12. The molecule has 1 N–H and O–H groups in total. The summed E-state index contributed by atoms with van der Waals surface area (Å²) in [5, 5.41) is 2.97. The second-order valence-electron chi connectivity index (χ2n) is 5.65. The number of hydrogen-bond acceptors (Lipinski definition) is 4. The van der Waals surface area contributed by atoms with Gasteiger partial charge in [0.15, 0.2) is 0 Å². The van der Waals surface area contributed by atoms with Gasteiger partial charge in [0.1, 0.15) is 17.7 Å². The number of rotatable bonds is 5. The van der Waals surface area contributed by atoms with Gasteiger partial charge < -0.3 is 14.8 Å². The first-order valence-corrected chi connectivity index (χ1v) is 7.90. The third-order valence-electron chi connectivity index (χ3n) is 3.80. The van der Waals surface area contributed by atoms with E-state index in [1.165, 1.54) is 12.1 Å². The average Bonchev–Trinajstić information content (AvgIpc) is 2.57. The highest BCUT2D eigenvalue weighted by Gasteiger charge is 2.29. The topological polar surface area (TPSA) is 60.5 Å². The van der Waals surface area contributed by atoms with Crippen molar-refractivity contribution in [1.82, 2.24) is 10.3 Å². The van der Waals surface area contributed by atoms with Crippen molar-refractivity contribution in [2.45, 2.75) is 25.0 Å². The molecular formula is C18H19FN2O3. The van der Waals surface area contributed by atoms with Crippen LogP contribution in [-0.2, 0) is 16.0 Å². The minimum Gasteiger partial charge on any atom is -0.486 e. The minimum atomic E-state index is -0.361. The SMILES string of the molecule is O=C(Cc1ccccn1)NC1CCOCC1Oc1cccc(F)c1. The molecule has 2 aromatic rings. The number of amides is 1. The van der Waals surface area contributed by atoms with E-state index in [2.05, 4.69) is 10.3 Å². The van der Waals surface area contributed by atoms with Crippen molar-refractivity contribution in [2.75, 3.05) is 13.2 Å².